The number of carbonyl (C=O) groups excluding carboxylic acids is 1. The van der Waals surface area contributed by atoms with Gasteiger partial charge in [-0.05, 0) is 12.0 Å². The second-order valence-electron chi connectivity index (χ2n) is 5.36. The molecule has 5 heteroatoms. The largest absolute Gasteiger partial charge is 0.312 e. The third-order valence-electron chi connectivity index (χ3n) is 3.81. The summed E-state index contributed by atoms with van der Waals surface area (Å²) in [4.78, 5) is 12.1. The lowest BCUT2D eigenvalue weighted by molar-refractivity contribution is -0.116. The maximum Gasteiger partial charge on any atom is 0.225 e. The molecule has 0 aliphatic carbocycles. The van der Waals surface area contributed by atoms with Gasteiger partial charge in [-0.1, -0.05) is 30.3 Å². The Kier molecular flexibility index (Phi) is 4.01. The molecule has 1 aliphatic rings. The zero-order valence-corrected chi connectivity index (χ0v) is 12.2. The van der Waals surface area contributed by atoms with Crippen LogP contribution >= 0.6 is 0 Å². The number of nitrogens with zero attached hydrogens (tertiary/aromatic N) is 2. The van der Waals surface area contributed by atoms with Crippen LogP contribution in [0.2, 0.25) is 0 Å². The minimum absolute atomic E-state index is 0.0372. The van der Waals surface area contributed by atoms with Crippen LogP contribution in [0, 0.1) is 0 Å². The topological polar surface area (TPSA) is 59.0 Å². The van der Waals surface area contributed by atoms with Crippen LogP contribution in [0.5, 0.6) is 0 Å². The minimum Gasteiger partial charge on any atom is -0.312 e. The number of fused-ring (bicyclic) bond motifs is 1. The van der Waals surface area contributed by atoms with E-state index in [2.05, 4.69) is 15.7 Å². The lowest BCUT2D eigenvalue weighted by Crippen LogP contribution is -2.24. The maximum absolute atomic E-state index is 12.1. The average molecular weight is 284 g/mol. The molecule has 2 heterocycles. The standard InChI is InChI=1S/C16H20N4O/c1-20-16(13-11-17-10-9-14(13)19-20)18-15(21)8-7-12-5-3-2-4-6-12/h2-6,17H,7-11H2,1H3,(H,18,21). The number of aromatic nitrogens is 2. The smallest absolute Gasteiger partial charge is 0.225 e. The van der Waals surface area contributed by atoms with Crippen molar-refractivity contribution in [3.8, 4) is 0 Å². The fraction of sp³-hybridized carbons (Fsp3) is 0.375. The summed E-state index contributed by atoms with van der Waals surface area (Å²) in [5, 5.41) is 10.8. The molecule has 1 aliphatic heterocycles. The summed E-state index contributed by atoms with van der Waals surface area (Å²) < 4.78 is 1.78. The molecule has 1 aromatic carbocycles. The molecule has 0 radical (unpaired) electrons. The molecule has 0 bridgehead atoms. The molecule has 0 spiro atoms. The van der Waals surface area contributed by atoms with Crippen LogP contribution in [0.3, 0.4) is 0 Å². The third-order valence-corrected chi connectivity index (χ3v) is 3.81. The van der Waals surface area contributed by atoms with Crippen LogP contribution in [0.25, 0.3) is 0 Å². The zero-order chi connectivity index (χ0) is 14.7. The number of benzene rings is 1. The van der Waals surface area contributed by atoms with E-state index in [0.29, 0.717) is 6.42 Å². The van der Waals surface area contributed by atoms with E-state index in [4.69, 9.17) is 0 Å². The summed E-state index contributed by atoms with van der Waals surface area (Å²) in [6.07, 6.45) is 2.16. The Bertz CT molecular complexity index is 633. The Morgan fingerprint density at radius 3 is 3.00 bits per heavy atom. The van der Waals surface area contributed by atoms with Gasteiger partial charge < -0.3 is 10.6 Å². The van der Waals surface area contributed by atoms with E-state index in [0.717, 1.165) is 43.0 Å². The van der Waals surface area contributed by atoms with E-state index in [9.17, 15) is 4.79 Å². The highest BCUT2D eigenvalue weighted by molar-refractivity contribution is 5.90. The molecule has 0 unspecified atom stereocenters. The number of nitrogens with one attached hydrogen (secondary N) is 2. The molecule has 1 amide bonds. The molecule has 5 nitrogen and oxygen atoms in total. The lowest BCUT2D eigenvalue weighted by Gasteiger charge is -2.13. The Labute approximate surface area is 124 Å². The Morgan fingerprint density at radius 1 is 1.38 bits per heavy atom. The quantitative estimate of drug-likeness (QED) is 0.897. The number of amides is 1. The van der Waals surface area contributed by atoms with Gasteiger partial charge in [0.1, 0.15) is 5.82 Å². The van der Waals surface area contributed by atoms with Crippen LogP contribution in [-0.2, 0) is 31.2 Å². The fourth-order valence-electron chi connectivity index (χ4n) is 2.68. The van der Waals surface area contributed by atoms with Crippen molar-refractivity contribution in [2.24, 2.45) is 7.05 Å². The first-order valence-electron chi connectivity index (χ1n) is 7.33. The molecule has 2 N–H and O–H groups in total. The van der Waals surface area contributed by atoms with E-state index in [1.54, 1.807) is 4.68 Å². The number of carbonyl (C=O) groups is 1. The van der Waals surface area contributed by atoms with Crippen LogP contribution in [-0.4, -0.2) is 22.2 Å². The molecule has 110 valence electrons. The molecule has 21 heavy (non-hydrogen) atoms. The van der Waals surface area contributed by atoms with E-state index in [1.807, 2.05) is 37.4 Å². The van der Waals surface area contributed by atoms with Gasteiger partial charge >= 0.3 is 0 Å². The zero-order valence-electron chi connectivity index (χ0n) is 12.2. The first-order valence-corrected chi connectivity index (χ1v) is 7.33. The van der Waals surface area contributed by atoms with Crippen molar-refractivity contribution < 1.29 is 4.79 Å². The van der Waals surface area contributed by atoms with E-state index >= 15 is 0 Å². The highest BCUT2D eigenvalue weighted by Crippen LogP contribution is 2.22. The van der Waals surface area contributed by atoms with Crippen LogP contribution in [0.1, 0.15) is 23.2 Å². The van der Waals surface area contributed by atoms with Gasteiger partial charge in [-0.25, -0.2) is 0 Å². The number of anilines is 1. The highest BCUT2D eigenvalue weighted by Gasteiger charge is 2.20. The lowest BCUT2D eigenvalue weighted by atomic mass is 10.1. The predicted octanol–water partition coefficient (Wildman–Crippen LogP) is 1.64. The monoisotopic (exact) mass is 284 g/mol. The summed E-state index contributed by atoms with van der Waals surface area (Å²) in [7, 11) is 1.88. The second kappa shape index (κ2) is 6.10. The summed E-state index contributed by atoms with van der Waals surface area (Å²) in [5.74, 6) is 0.866. The van der Waals surface area contributed by atoms with Crippen LogP contribution in [0.4, 0.5) is 5.82 Å². The van der Waals surface area contributed by atoms with Gasteiger partial charge in [0, 0.05) is 38.5 Å². The van der Waals surface area contributed by atoms with Crippen molar-refractivity contribution in [1.82, 2.24) is 15.1 Å². The normalized spacial score (nSPS) is 13.8. The second-order valence-corrected chi connectivity index (χ2v) is 5.36. The van der Waals surface area contributed by atoms with Gasteiger partial charge in [-0.3, -0.25) is 9.48 Å². The van der Waals surface area contributed by atoms with Crippen molar-refractivity contribution in [3.63, 3.8) is 0 Å². The number of rotatable bonds is 4. The molecule has 3 rings (SSSR count). The molecule has 0 fully saturated rings. The van der Waals surface area contributed by atoms with Gasteiger partial charge in [0.05, 0.1) is 5.69 Å². The van der Waals surface area contributed by atoms with E-state index < -0.39 is 0 Å². The summed E-state index contributed by atoms with van der Waals surface area (Å²) >= 11 is 0. The van der Waals surface area contributed by atoms with Crippen molar-refractivity contribution in [3.05, 3.63) is 47.2 Å². The minimum atomic E-state index is 0.0372. The number of hydrogen-bond acceptors (Lipinski definition) is 3. The van der Waals surface area contributed by atoms with Gasteiger partial charge in [0.2, 0.25) is 5.91 Å². The van der Waals surface area contributed by atoms with Crippen molar-refractivity contribution >= 4 is 11.7 Å². The predicted molar refractivity (Wildman–Crippen MR) is 82.0 cm³/mol. The van der Waals surface area contributed by atoms with Crippen LogP contribution < -0.4 is 10.6 Å². The SMILES string of the molecule is Cn1nc2c(c1NC(=O)CCc1ccccc1)CNCC2. The molecular formula is C16H20N4O. The van der Waals surface area contributed by atoms with Gasteiger partial charge in [0.25, 0.3) is 0 Å². The summed E-state index contributed by atoms with van der Waals surface area (Å²) in [6.45, 7) is 1.73. The number of hydrogen-bond donors (Lipinski definition) is 2. The van der Waals surface area contributed by atoms with Gasteiger partial charge in [-0.15, -0.1) is 0 Å². The van der Waals surface area contributed by atoms with Crippen LogP contribution in [0.15, 0.2) is 30.3 Å². The molecule has 2 aromatic rings. The highest BCUT2D eigenvalue weighted by atomic mass is 16.1. The first kappa shape index (κ1) is 13.8. The summed E-state index contributed by atoms with van der Waals surface area (Å²) in [6, 6.07) is 10.1. The third kappa shape index (κ3) is 3.13. The van der Waals surface area contributed by atoms with Gasteiger partial charge in [0.15, 0.2) is 0 Å². The molecular weight excluding hydrogens is 264 g/mol. The number of aryl methyl sites for hydroxylation is 2. The van der Waals surface area contributed by atoms with Crippen molar-refractivity contribution in [2.45, 2.75) is 25.8 Å². The molecule has 0 atom stereocenters. The maximum atomic E-state index is 12.1. The summed E-state index contributed by atoms with van der Waals surface area (Å²) in [5.41, 5.74) is 3.40. The Morgan fingerprint density at radius 2 is 2.19 bits per heavy atom. The molecule has 0 saturated carbocycles. The average Bonchev–Trinajstić information content (AvgIpc) is 2.82. The fourth-order valence-corrected chi connectivity index (χ4v) is 2.68. The Hall–Kier alpha value is -2.14. The molecule has 0 saturated heterocycles. The Balaban J connectivity index is 1.64. The van der Waals surface area contributed by atoms with E-state index in [1.165, 1.54) is 5.56 Å². The first-order chi connectivity index (χ1) is 10.2. The van der Waals surface area contributed by atoms with E-state index in [-0.39, 0.29) is 5.91 Å². The van der Waals surface area contributed by atoms with Crippen molar-refractivity contribution in [1.29, 1.82) is 0 Å². The van der Waals surface area contributed by atoms with Crippen molar-refractivity contribution in [2.75, 3.05) is 11.9 Å². The van der Waals surface area contributed by atoms with Gasteiger partial charge in [-0.2, -0.15) is 5.10 Å². The molecule has 1 aromatic heterocycles.